The number of carbonyl (C=O) groups is 1. The predicted octanol–water partition coefficient (Wildman–Crippen LogP) is 1.27. The monoisotopic (exact) mass is 260 g/mol. The third kappa shape index (κ3) is 2.96. The van der Waals surface area contributed by atoms with E-state index in [-0.39, 0.29) is 29.6 Å². The van der Waals surface area contributed by atoms with Crippen molar-refractivity contribution in [2.75, 3.05) is 0 Å². The van der Waals surface area contributed by atoms with Crippen LogP contribution in [0.5, 0.6) is 0 Å². The Hall–Kier alpha value is -2.24. The predicted molar refractivity (Wildman–Crippen MR) is 70.2 cm³/mol. The molecule has 0 N–H and O–H groups in total. The van der Waals surface area contributed by atoms with E-state index in [4.69, 9.17) is 0 Å². The van der Waals surface area contributed by atoms with E-state index in [0.29, 0.717) is 0 Å². The van der Waals surface area contributed by atoms with Gasteiger partial charge in [-0.1, -0.05) is 0 Å². The summed E-state index contributed by atoms with van der Waals surface area (Å²) in [7, 11) is 0. The lowest BCUT2D eigenvalue weighted by Gasteiger charge is -2.05. The van der Waals surface area contributed by atoms with E-state index in [1.165, 1.54) is 23.7 Å². The first-order valence-electron chi connectivity index (χ1n) is 6.10. The Morgan fingerprint density at radius 3 is 2.58 bits per heavy atom. The van der Waals surface area contributed by atoms with E-state index in [1.807, 2.05) is 30.8 Å². The zero-order chi connectivity index (χ0) is 14.0. The molecule has 2 heterocycles. The van der Waals surface area contributed by atoms with Gasteiger partial charge in [0.15, 0.2) is 5.78 Å². The summed E-state index contributed by atoms with van der Waals surface area (Å²) in [4.78, 5) is 23.0. The van der Waals surface area contributed by atoms with E-state index in [9.17, 15) is 9.59 Å². The molecule has 0 aliphatic heterocycles. The van der Waals surface area contributed by atoms with Gasteiger partial charge in [0.1, 0.15) is 5.69 Å². The maximum Gasteiger partial charge on any atom is 0.267 e. The third-order valence-corrected chi connectivity index (χ3v) is 2.73. The average Bonchev–Trinajstić information content (AvgIpc) is 2.80. The summed E-state index contributed by atoms with van der Waals surface area (Å²) in [6.07, 6.45) is 1.86. The molecule has 0 bridgehead atoms. The molecule has 0 radical (unpaired) electrons. The second kappa shape index (κ2) is 5.17. The number of ketones is 1. The van der Waals surface area contributed by atoms with Crippen molar-refractivity contribution in [3.8, 4) is 0 Å². The van der Waals surface area contributed by atoms with Crippen LogP contribution in [0, 0.1) is 0 Å². The summed E-state index contributed by atoms with van der Waals surface area (Å²) in [5.74, 6) is -0.165. The van der Waals surface area contributed by atoms with Crippen LogP contribution in [0.2, 0.25) is 0 Å². The number of Topliss-reactive ketones (excluding diaryl/α,β-unsaturated/α-hetero) is 1. The molecule has 0 aliphatic rings. The van der Waals surface area contributed by atoms with E-state index >= 15 is 0 Å². The zero-order valence-electron chi connectivity index (χ0n) is 11.2. The summed E-state index contributed by atoms with van der Waals surface area (Å²) >= 11 is 0. The van der Waals surface area contributed by atoms with E-state index < -0.39 is 0 Å². The molecular weight excluding hydrogens is 244 g/mol. The lowest BCUT2D eigenvalue weighted by molar-refractivity contribution is 0.101. The van der Waals surface area contributed by atoms with Crippen molar-refractivity contribution < 1.29 is 4.79 Å². The summed E-state index contributed by atoms with van der Waals surface area (Å²) in [5, 5.41) is 8.38. The molecule has 2 aromatic heterocycles. The lowest BCUT2D eigenvalue weighted by atomic mass is 10.3. The van der Waals surface area contributed by atoms with Gasteiger partial charge in [0.05, 0.1) is 12.2 Å². The number of hydrogen-bond acceptors (Lipinski definition) is 4. The maximum absolute atomic E-state index is 11.7. The molecule has 0 amide bonds. The minimum Gasteiger partial charge on any atom is -0.293 e. The smallest absolute Gasteiger partial charge is 0.267 e. The molecule has 0 aromatic carbocycles. The van der Waals surface area contributed by atoms with Gasteiger partial charge in [-0.25, -0.2) is 4.68 Å². The molecule has 2 aromatic rings. The van der Waals surface area contributed by atoms with Gasteiger partial charge in [-0.2, -0.15) is 10.2 Å². The van der Waals surface area contributed by atoms with Crippen LogP contribution in [0.25, 0.3) is 0 Å². The highest BCUT2D eigenvalue weighted by atomic mass is 16.1. The Morgan fingerprint density at radius 1 is 1.26 bits per heavy atom. The number of nitrogens with zero attached hydrogens (tertiary/aromatic N) is 4. The Morgan fingerprint density at radius 2 is 2.00 bits per heavy atom. The molecule has 0 saturated heterocycles. The van der Waals surface area contributed by atoms with Crippen LogP contribution in [0.4, 0.5) is 0 Å². The highest BCUT2D eigenvalue weighted by Gasteiger charge is 2.07. The molecule has 6 nitrogen and oxygen atoms in total. The normalized spacial score (nSPS) is 10.9. The molecule has 2 rings (SSSR count). The molecule has 0 unspecified atom stereocenters. The highest BCUT2D eigenvalue weighted by Crippen LogP contribution is 2.04. The quantitative estimate of drug-likeness (QED) is 0.776. The maximum atomic E-state index is 11.7. The Kier molecular flexibility index (Phi) is 3.59. The molecular formula is C13H16N4O2. The minimum absolute atomic E-state index is 0.165. The lowest BCUT2D eigenvalue weighted by Crippen LogP contribution is -2.24. The SMILES string of the molecule is CC(=O)c1ccc(=O)n(Cc2ccn(C(C)C)n2)n1. The van der Waals surface area contributed by atoms with E-state index in [0.717, 1.165) is 5.69 Å². The number of carbonyl (C=O) groups excluding carboxylic acids is 1. The van der Waals surface area contributed by atoms with Crippen LogP contribution >= 0.6 is 0 Å². The van der Waals surface area contributed by atoms with Crippen LogP contribution < -0.4 is 5.56 Å². The topological polar surface area (TPSA) is 69.8 Å². The van der Waals surface area contributed by atoms with Crippen molar-refractivity contribution in [2.45, 2.75) is 33.4 Å². The van der Waals surface area contributed by atoms with Gasteiger partial charge in [-0.05, 0) is 26.0 Å². The summed E-state index contributed by atoms with van der Waals surface area (Å²) < 4.78 is 3.07. The first-order valence-corrected chi connectivity index (χ1v) is 6.10. The standard InChI is InChI=1S/C13H16N4O2/c1-9(2)16-7-6-11(14-16)8-17-13(19)5-4-12(15-17)10(3)18/h4-7,9H,8H2,1-3H3. The molecule has 0 spiro atoms. The van der Waals surface area contributed by atoms with Crippen molar-refractivity contribution in [2.24, 2.45) is 0 Å². The Balaban J connectivity index is 2.29. The first kappa shape index (κ1) is 13.2. The summed E-state index contributed by atoms with van der Waals surface area (Å²) in [6, 6.07) is 4.90. The molecule has 100 valence electrons. The largest absolute Gasteiger partial charge is 0.293 e. The number of hydrogen-bond donors (Lipinski definition) is 0. The fourth-order valence-corrected chi connectivity index (χ4v) is 1.65. The van der Waals surface area contributed by atoms with Crippen molar-refractivity contribution >= 4 is 5.78 Å². The fourth-order valence-electron chi connectivity index (χ4n) is 1.65. The summed E-state index contributed by atoms with van der Waals surface area (Å²) in [5.41, 5.74) is 0.774. The minimum atomic E-state index is -0.246. The van der Waals surface area contributed by atoms with Gasteiger partial charge in [-0.3, -0.25) is 14.3 Å². The van der Waals surface area contributed by atoms with E-state index in [1.54, 1.807) is 0 Å². The van der Waals surface area contributed by atoms with Gasteiger partial charge in [0.25, 0.3) is 5.56 Å². The number of rotatable bonds is 4. The average molecular weight is 260 g/mol. The van der Waals surface area contributed by atoms with Crippen molar-refractivity contribution in [1.29, 1.82) is 0 Å². The molecule has 0 fully saturated rings. The molecule has 0 saturated carbocycles. The highest BCUT2D eigenvalue weighted by molar-refractivity contribution is 5.91. The van der Waals surface area contributed by atoms with Gasteiger partial charge in [-0.15, -0.1) is 0 Å². The van der Waals surface area contributed by atoms with E-state index in [2.05, 4.69) is 10.2 Å². The molecule has 0 aliphatic carbocycles. The van der Waals surface area contributed by atoms with Crippen LogP contribution in [-0.4, -0.2) is 25.3 Å². The molecule has 0 atom stereocenters. The van der Waals surface area contributed by atoms with Crippen molar-refractivity contribution in [3.63, 3.8) is 0 Å². The van der Waals surface area contributed by atoms with Crippen LogP contribution in [-0.2, 0) is 6.54 Å². The summed E-state index contributed by atoms with van der Waals surface area (Å²) in [6.45, 7) is 5.74. The van der Waals surface area contributed by atoms with Crippen molar-refractivity contribution in [1.82, 2.24) is 19.6 Å². The van der Waals surface area contributed by atoms with Gasteiger partial charge < -0.3 is 0 Å². The fraction of sp³-hybridized carbons (Fsp3) is 0.385. The second-order valence-corrected chi connectivity index (χ2v) is 4.65. The number of aromatic nitrogens is 4. The third-order valence-electron chi connectivity index (χ3n) is 2.73. The van der Waals surface area contributed by atoms with Crippen LogP contribution in [0.15, 0.2) is 29.2 Å². The first-order chi connectivity index (χ1) is 8.97. The second-order valence-electron chi connectivity index (χ2n) is 4.65. The van der Waals surface area contributed by atoms with Gasteiger partial charge in [0, 0.05) is 25.2 Å². The van der Waals surface area contributed by atoms with Gasteiger partial charge >= 0.3 is 0 Å². The zero-order valence-corrected chi connectivity index (χ0v) is 11.2. The van der Waals surface area contributed by atoms with Crippen LogP contribution in [0.3, 0.4) is 0 Å². The van der Waals surface area contributed by atoms with Crippen molar-refractivity contribution in [3.05, 3.63) is 46.1 Å². The Bertz CT molecular complexity index is 655. The Labute approximate surface area is 110 Å². The molecule has 6 heteroatoms. The molecule has 19 heavy (non-hydrogen) atoms. The van der Waals surface area contributed by atoms with Crippen LogP contribution in [0.1, 0.15) is 43.0 Å². The van der Waals surface area contributed by atoms with Gasteiger partial charge in [0.2, 0.25) is 0 Å².